The fourth-order valence-electron chi connectivity index (χ4n) is 1.60. The Labute approximate surface area is 134 Å². The van der Waals surface area contributed by atoms with E-state index in [1.54, 1.807) is 30.8 Å². The molecule has 1 amide bonds. The minimum absolute atomic E-state index is 0.0100. The van der Waals surface area contributed by atoms with Crippen molar-refractivity contribution in [1.29, 1.82) is 0 Å². The van der Waals surface area contributed by atoms with Crippen LogP contribution in [-0.4, -0.2) is 62.0 Å². The minimum Gasteiger partial charge on any atom is -0.356 e. The number of thioether (sulfide) groups is 1. The molecule has 0 heterocycles. The number of carbonyl (C=O) groups excluding carboxylic acids is 1. The van der Waals surface area contributed by atoms with Crippen LogP contribution in [0.15, 0.2) is 4.99 Å². The summed E-state index contributed by atoms with van der Waals surface area (Å²) in [6.07, 6.45) is 4.36. The second kappa shape index (κ2) is 11.7. The van der Waals surface area contributed by atoms with Gasteiger partial charge in [0.1, 0.15) is 6.54 Å². The maximum Gasteiger partial charge on any atom is 0.243 e. The van der Waals surface area contributed by atoms with Crippen LogP contribution in [-0.2, 0) is 4.79 Å². The van der Waals surface area contributed by atoms with Crippen LogP contribution in [0.25, 0.3) is 0 Å². The summed E-state index contributed by atoms with van der Waals surface area (Å²) in [5.41, 5.74) is 0. The summed E-state index contributed by atoms with van der Waals surface area (Å²) in [5.74, 6) is 2.46. The summed E-state index contributed by atoms with van der Waals surface area (Å²) >= 11 is 1.79. The molecule has 6 heteroatoms. The highest BCUT2D eigenvalue weighted by atomic mass is 32.2. The van der Waals surface area contributed by atoms with Crippen LogP contribution >= 0.6 is 11.8 Å². The van der Waals surface area contributed by atoms with Gasteiger partial charge in [-0.3, -0.25) is 4.79 Å². The van der Waals surface area contributed by atoms with E-state index in [1.165, 1.54) is 6.42 Å². The quantitative estimate of drug-likeness (QED) is 0.387. The molecule has 124 valence electrons. The summed E-state index contributed by atoms with van der Waals surface area (Å²) in [4.78, 5) is 17.6. The third kappa shape index (κ3) is 11.4. The molecule has 21 heavy (non-hydrogen) atoms. The maximum atomic E-state index is 11.6. The van der Waals surface area contributed by atoms with Crippen molar-refractivity contribution in [2.45, 2.75) is 39.7 Å². The SMILES string of the molecule is CSCCNC(=NCC(=O)N(C)C)NC(C)CCC(C)C. The molecule has 0 radical (unpaired) electrons. The summed E-state index contributed by atoms with van der Waals surface area (Å²) in [5, 5.41) is 6.67. The fraction of sp³-hybridized carbons (Fsp3) is 0.867. The Kier molecular flexibility index (Phi) is 11.2. The molecule has 0 spiro atoms. The number of amides is 1. The molecule has 0 aliphatic rings. The van der Waals surface area contributed by atoms with Gasteiger partial charge in [0.15, 0.2) is 5.96 Å². The second-order valence-electron chi connectivity index (χ2n) is 5.89. The van der Waals surface area contributed by atoms with E-state index in [2.05, 4.69) is 42.7 Å². The molecule has 0 saturated heterocycles. The van der Waals surface area contributed by atoms with Crippen molar-refractivity contribution in [3.8, 4) is 0 Å². The first-order valence-electron chi connectivity index (χ1n) is 7.60. The zero-order valence-electron chi connectivity index (χ0n) is 14.4. The fourth-order valence-corrected chi connectivity index (χ4v) is 1.91. The number of likely N-dealkylation sites (N-methyl/N-ethyl adjacent to an activating group) is 1. The van der Waals surface area contributed by atoms with Gasteiger partial charge >= 0.3 is 0 Å². The normalized spacial score (nSPS) is 13.2. The Bertz CT molecular complexity index is 319. The molecular formula is C15H32N4OS. The zero-order chi connectivity index (χ0) is 16.3. The van der Waals surface area contributed by atoms with Crippen molar-refractivity contribution < 1.29 is 4.79 Å². The van der Waals surface area contributed by atoms with Crippen LogP contribution in [0.5, 0.6) is 0 Å². The van der Waals surface area contributed by atoms with Crippen LogP contribution in [0.1, 0.15) is 33.6 Å². The maximum absolute atomic E-state index is 11.6. The largest absolute Gasteiger partial charge is 0.356 e. The van der Waals surface area contributed by atoms with Gasteiger partial charge in [0.05, 0.1) is 0 Å². The molecule has 0 aliphatic heterocycles. The smallest absolute Gasteiger partial charge is 0.243 e. The third-order valence-electron chi connectivity index (χ3n) is 3.03. The lowest BCUT2D eigenvalue weighted by Crippen LogP contribution is -2.43. The Hall–Kier alpha value is -0.910. The molecule has 2 N–H and O–H groups in total. The molecule has 0 aromatic carbocycles. The molecule has 0 aromatic heterocycles. The van der Waals surface area contributed by atoms with E-state index < -0.39 is 0 Å². The number of rotatable bonds is 9. The van der Waals surface area contributed by atoms with Crippen molar-refractivity contribution in [2.75, 3.05) is 39.2 Å². The topological polar surface area (TPSA) is 56.7 Å². The second-order valence-corrected chi connectivity index (χ2v) is 6.87. The number of nitrogens with zero attached hydrogens (tertiary/aromatic N) is 2. The van der Waals surface area contributed by atoms with Gasteiger partial charge in [-0.25, -0.2) is 4.99 Å². The van der Waals surface area contributed by atoms with Gasteiger partial charge in [-0.1, -0.05) is 13.8 Å². The third-order valence-corrected chi connectivity index (χ3v) is 3.64. The Morgan fingerprint density at radius 1 is 1.24 bits per heavy atom. The Morgan fingerprint density at radius 3 is 2.43 bits per heavy atom. The molecule has 1 unspecified atom stereocenters. The first-order chi connectivity index (χ1) is 9.86. The van der Waals surface area contributed by atoms with Crippen molar-refractivity contribution in [3.05, 3.63) is 0 Å². The average molecular weight is 317 g/mol. The average Bonchev–Trinajstić information content (AvgIpc) is 2.41. The van der Waals surface area contributed by atoms with Gasteiger partial charge in [0.2, 0.25) is 5.91 Å². The van der Waals surface area contributed by atoms with E-state index in [9.17, 15) is 4.79 Å². The van der Waals surface area contributed by atoms with Crippen molar-refractivity contribution in [1.82, 2.24) is 15.5 Å². The highest BCUT2D eigenvalue weighted by molar-refractivity contribution is 7.98. The summed E-state index contributed by atoms with van der Waals surface area (Å²) in [7, 11) is 3.49. The van der Waals surface area contributed by atoms with Gasteiger partial charge in [-0.15, -0.1) is 0 Å². The molecule has 0 aromatic rings. The van der Waals surface area contributed by atoms with Crippen LogP contribution in [0.4, 0.5) is 0 Å². The molecule has 0 saturated carbocycles. The highest BCUT2D eigenvalue weighted by Crippen LogP contribution is 2.06. The van der Waals surface area contributed by atoms with Crippen molar-refractivity contribution >= 4 is 23.6 Å². The van der Waals surface area contributed by atoms with E-state index in [-0.39, 0.29) is 12.5 Å². The van der Waals surface area contributed by atoms with Crippen molar-refractivity contribution in [2.24, 2.45) is 10.9 Å². The number of carbonyl (C=O) groups is 1. The van der Waals surface area contributed by atoms with Gasteiger partial charge in [0.25, 0.3) is 0 Å². The van der Waals surface area contributed by atoms with E-state index in [0.29, 0.717) is 12.0 Å². The molecule has 0 rings (SSSR count). The molecule has 0 fully saturated rings. The van der Waals surface area contributed by atoms with Crippen LogP contribution < -0.4 is 10.6 Å². The van der Waals surface area contributed by atoms with E-state index in [0.717, 1.165) is 24.7 Å². The molecule has 5 nitrogen and oxygen atoms in total. The monoisotopic (exact) mass is 316 g/mol. The van der Waals surface area contributed by atoms with Crippen LogP contribution in [0.3, 0.4) is 0 Å². The van der Waals surface area contributed by atoms with Crippen LogP contribution in [0.2, 0.25) is 0 Å². The highest BCUT2D eigenvalue weighted by Gasteiger charge is 2.08. The predicted molar refractivity (Wildman–Crippen MR) is 94.1 cm³/mol. The lowest BCUT2D eigenvalue weighted by molar-refractivity contribution is -0.127. The molecule has 0 aliphatic carbocycles. The van der Waals surface area contributed by atoms with E-state index in [1.807, 2.05) is 0 Å². The van der Waals surface area contributed by atoms with Crippen molar-refractivity contribution in [3.63, 3.8) is 0 Å². The van der Waals surface area contributed by atoms with Gasteiger partial charge < -0.3 is 15.5 Å². The molecular weight excluding hydrogens is 284 g/mol. The number of hydrogen-bond donors (Lipinski definition) is 2. The number of hydrogen-bond acceptors (Lipinski definition) is 3. The minimum atomic E-state index is 0.0100. The molecule has 0 bridgehead atoms. The summed E-state index contributed by atoms with van der Waals surface area (Å²) < 4.78 is 0. The first-order valence-corrected chi connectivity index (χ1v) is 9.00. The Balaban J connectivity index is 4.42. The lowest BCUT2D eigenvalue weighted by Gasteiger charge is -2.19. The zero-order valence-corrected chi connectivity index (χ0v) is 15.2. The number of guanidine groups is 1. The predicted octanol–water partition coefficient (Wildman–Crippen LogP) is 1.80. The molecule has 1 atom stereocenters. The van der Waals surface area contributed by atoms with Gasteiger partial charge in [-0.05, 0) is 31.9 Å². The standard InChI is InChI=1S/C15H32N4OS/c1-12(2)7-8-13(3)18-15(16-9-10-21-6)17-11-14(20)19(4)5/h12-13H,7-11H2,1-6H3,(H2,16,17,18). The van der Waals surface area contributed by atoms with Gasteiger partial charge in [0, 0.05) is 32.4 Å². The number of nitrogens with one attached hydrogen (secondary N) is 2. The number of aliphatic imine (C=N–C) groups is 1. The van der Waals surface area contributed by atoms with Gasteiger partial charge in [-0.2, -0.15) is 11.8 Å². The Morgan fingerprint density at radius 2 is 1.90 bits per heavy atom. The lowest BCUT2D eigenvalue weighted by atomic mass is 10.0. The first kappa shape index (κ1) is 20.1. The van der Waals surface area contributed by atoms with E-state index in [4.69, 9.17) is 0 Å². The summed E-state index contributed by atoms with van der Waals surface area (Å²) in [6, 6.07) is 0.349. The van der Waals surface area contributed by atoms with E-state index >= 15 is 0 Å². The summed E-state index contributed by atoms with van der Waals surface area (Å²) in [6.45, 7) is 7.64. The van der Waals surface area contributed by atoms with Crippen LogP contribution in [0, 0.1) is 5.92 Å².